The van der Waals surface area contributed by atoms with Crippen LogP contribution < -0.4 is 5.32 Å². The Kier molecular flexibility index (Phi) is 5.43. The lowest BCUT2D eigenvalue weighted by molar-refractivity contribution is -0.107. The monoisotopic (exact) mass is 439 g/mol. The van der Waals surface area contributed by atoms with Gasteiger partial charge in [0.1, 0.15) is 12.0 Å². The molecule has 0 spiro atoms. The van der Waals surface area contributed by atoms with E-state index in [-0.39, 0.29) is 18.2 Å². The number of sulfone groups is 1. The molecular weight excluding hydrogens is 414 g/mol. The highest BCUT2D eigenvalue weighted by atomic mass is 32.2. The molecule has 1 unspecified atom stereocenters. The van der Waals surface area contributed by atoms with Crippen LogP contribution >= 0.6 is 0 Å². The van der Waals surface area contributed by atoms with Crippen LogP contribution in [0.2, 0.25) is 0 Å². The summed E-state index contributed by atoms with van der Waals surface area (Å²) in [5.41, 5.74) is 4.26. The zero-order valence-electron chi connectivity index (χ0n) is 17.8. The number of hydrogen-bond donors (Lipinski definition) is 1. The van der Waals surface area contributed by atoms with E-state index < -0.39 is 15.1 Å². The summed E-state index contributed by atoms with van der Waals surface area (Å²) in [4.78, 5) is 24.1. The van der Waals surface area contributed by atoms with Crippen molar-refractivity contribution in [1.82, 2.24) is 15.1 Å². The van der Waals surface area contributed by atoms with Crippen molar-refractivity contribution < 1.29 is 18.0 Å². The lowest BCUT2D eigenvalue weighted by atomic mass is 9.96. The Morgan fingerprint density at radius 3 is 2.48 bits per heavy atom. The molecule has 0 aliphatic heterocycles. The summed E-state index contributed by atoms with van der Waals surface area (Å²) in [6, 6.07) is 11.3. The minimum absolute atomic E-state index is 0.106. The number of nitrogens with zero attached hydrogens (tertiary/aromatic N) is 2. The van der Waals surface area contributed by atoms with Gasteiger partial charge in [-0.2, -0.15) is 5.10 Å². The Balaban J connectivity index is 2.01. The Bertz CT molecular complexity index is 1270. The standard InChI is InChI=1S/C23H25N3O4S/c1-14-4-8-16(9-5-14)26-22(23(28)24-2)19-12-17(15-6-7-15)18(13-20(19)25-26)21(10-11-27)31(3,29)30/h4-5,8-9,11-13,15,21H,6-7,10H2,1-3H3,(H,24,28). The molecule has 4 rings (SSSR count). The van der Waals surface area contributed by atoms with Crippen LogP contribution in [0, 0.1) is 6.92 Å². The first-order valence-corrected chi connectivity index (χ1v) is 12.2. The maximum absolute atomic E-state index is 12.8. The Hall–Kier alpha value is -3.00. The van der Waals surface area contributed by atoms with Crippen molar-refractivity contribution >= 4 is 32.9 Å². The van der Waals surface area contributed by atoms with E-state index >= 15 is 0 Å². The van der Waals surface area contributed by atoms with E-state index in [9.17, 15) is 18.0 Å². The molecule has 0 saturated heterocycles. The molecule has 1 N–H and O–H groups in total. The number of benzene rings is 2. The predicted octanol–water partition coefficient (Wildman–Crippen LogP) is 3.25. The van der Waals surface area contributed by atoms with Crippen molar-refractivity contribution in [2.45, 2.75) is 37.4 Å². The van der Waals surface area contributed by atoms with E-state index in [2.05, 4.69) is 10.4 Å². The quantitative estimate of drug-likeness (QED) is 0.570. The number of aryl methyl sites for hydroxylation is 1. The van der Waals surface area contributed by atoms with Crippen molar-refractivity contribution in [2.24, 2.45) is 0 Å². The third-order valence-corrected chi connectivity index (χ3v) is 7.27. The Morgan fingerprint density at radius 1 is 1.26 bits per heavy atom. The molecule has 2 aromatic carbocycles. The highest BCUT2D eigenvalue weighted by molar-refractivity contribution is 7.91. The van der Waals surface area contributed by atoms with Crippen LogP contribution in [0.4, 0.5) is 0 Å². The van der Waals surface area contributed by atoms with Gasteiger partial charge in [-0.15, -0.1) is 0 Å². The third-order valence-electron chi connectivity index (χ3n) is 5.79. The molecule has 1 heterocycles. The first kappa shape index (κ1) is 21.2. The second-order valence-corrected chi connectivity index (χ2v) is 10.4. The molecule has 162 valence electrons. The molecule has 1 aliphatic carbocycles. The van der Waals surface area contributed by atoms with E-state index in [1.165, 1.54) is 0 Å². The minimum Gasteiger partial charge on any atom is -0.354 e. The fraction of sp³-hybridized carbons (Fsp3) is 0.348. The van der Waals surface area contributed by atoms with Crippen LogP contribution in [-0.2, 0) is 14.6 Å². The SMILES string of the molecule is CNC(=O)c1c2cc(C3CC3)c(C(CC=O)S(C)(=O)=O)cc2nn1-c1ccc(C)cc1. The fourth-order valence-corrected chi connectivity index (χ4v) is 5.12. The first-order valence-electron chi connectivity index (χ1n) is 10.2. The summed E-state index contributed by atoms with van der Waals surface area (Å²) >= 11 is 0. The number of fused-ring (bicyclic) bond motifs is 1. The van der Waals surface area contributed by atoms with Gasteiger partial charge < -0.3 is 10.1 Å². The number of hydrogen-bond acceptors (Lipinski definition) is 5. The smallest absolute Gasteiger partial charge is 0.270 e. The van der Waals surface area contributed by atoms with Gasteiger partial charge in [-0.1, -0.05) is 17.7 Å². The fourth-order valence-electron chi connectivity index (χ4n) is 4.02. The third kappa shape index (κ3) is 3.99. The first-order chi connectivity index (χ1) is 14.7. The van der Waals surface area contributed by atoms with Crippen molar-refractivity contribution in [3.05, 3.63) is 58.8 Å². The average Bonchev–Trinajstić information content (AvgIpc) is 3.51. The molecule has 8 heteroatoms. The molecule has 0 bridgehead atoms. The van der Waals surface area contributed by atoms with E-state index in [0.29, 0.717) is 28.4 Å². The Labute approximate surface area is 181 Å². The molecule has 1 saturated carbocycles. The van der Waals surface area contributed by atoms with Crippen LogP contribution in [-0.4, -0.2) is 43.7 Å². The van der Waals surface area contributed by atoms with Gasteiger partial charge in [0.15, 0.2) is 9.84 Å². The maximum atomic E-state index is 12.8. The van der Waals surface area contributed by atoms with Gasteiger partial charge >= 0.3 is 0 Å². The van der Waals surface area contributed by atoms with E-state index in [1.807, 2.05) is 37.3 Å². The summed E-state index contributed by atoms with van der Waals surface area (Å²) < 4.78 is 26.6. The molecule has 1 amide bonds. The topological polar surface area (TPSA) is 98.1 Å². The van der Waals surface area contributed by atoms with Crippen molar-refractivity contribution in [3.8, 4) is 5.69 Å². The van der Waals surface area contributed by atoms with Crippen molar-refractivity contribution in [3.63, 3.8) is 0 Å². The summed E-state index contributed by atoms with van der Waals surface area (Å²) in [5, 5.41) is 7.10. The lowest BCUT2D eigenvalue weighted by Crippen LogP contribution is -2.22. The predicted molar refractivity (Wildman–Crippen MR) is 119 cm³/mol. The molecule has 1 atom stereocenters. The van der Waals surface area contributed by atoms with Gasteiger partial charge in [-0.3, -0.25) is 4.79 Å². The number of aromatic nitrogens is 2. The zero-order valence-corrected chi connectivity index (χ0v) is 18.6. The normalized spacial score (nSPS) is 15.1. The van der Waals surface area contributed by atoms with Crippen LogP contribution in [0.5, 0.6) is 0 Å². The van der Waals surface area contributed by atoms with Crippen LogP contribution in [0.1, 0.15) is 57.6 Å². The molecule has 1 fully saturated rings. The number of aldehydes is 1. The number of amides is 1. The van der Waals surface area contributed by atoms with Crippen molar-refractivity contribution in [2.75, 3.05) is 13.3 Å². The van der Waals surface area contributed by atoms with Crippen LogP contribution in [0.25, 0.3) is 16.6 Å². The van der Waals surface area contributed by atoms with Crippen LogP contribution in [0.15, 0.2) is 36.4 Å². The molecule has 7 nitrogen and oxygen atoms in total. The second-order valence-electron chi connectivity index (χ2n) is 8.17. The van der Waals surface area contributed by atoms with E-state index in [0.717, 1.165) is 35.9 Å². The van der Waals surface area contributed by atoms with Gasteiger partial charge in [-0.25, -0.2) is 13.1 Å². The molecule has 31 heavy (non-hydrogen) atoms. The average molecular weight is 440 g/mol. The molecule has 3 aromatic rings. The highest BCUT2D eigenvalue weighted by Crippen LogP contribution is 2.46. The molecule has 1 aromatic heterocycles. The highest BCUT2D eigenvalue weighted by Gasteiger charge is 2.34. The number of carbonyl (C=O) groups excluding carboxylic acids is 2. The molecule has 1 aliphatic rings. The van der Waals surface area contributed by atoms with Gasteiger partial charge in [0.25, 0.3) is 5.91 Å². The summed E-state index contributed by atoms with van der Waals surface area (Å²) in [6.07, 6.45) is 3.61. The zero-order chi connectivity index (χ0) is 22.3. The minimum atomic E-state index is -3.50. The van der Waals surface area contributed by atoms with Crippen molar-refractivity contribution in [1.29, 1.82) is 0 Å². The van der Waals surface area contributed by atoms with Gasteiger partial charge in [-0.05, 0) is 61.1 Å². The van der Waals surface area contributed by atoms with E-state index in [4.69, 9.17) is 0 Å². The molecule has 0 radical (unpaired) electrons. The summed E-state index contributed by atoms with van der Waals surface area (Å²) in [7, 11) is -1.93. The second kappa shape index (κ2) is 7.92. The Morgan fingerprint density at radius 2 is 1.94 bits per heavy atom. The molecular formula is C23H25N3O4S. The largest absolute Gasteiger partial charge is 0.354 e. The number of nitrogens with one attached hydrogen (secondary N) is 1. The lowest BCUT2D eigenvalue weighted by Gasteiger charge is -2.17. The number of carbonyl (C=O) groups is 2. The van der Waals surface area contributed by atoms with Gasteiger partial charge in [0.05, 0.1) is 16.5 Å². The van der Waals surface area contributed by atoms with Gasteiger partial charge in [0, 0.05) is 25.1 Å². The van der Waals surface area contributed by atoms with Gasteiger partial charge in [0.2, 0.25) is 0 Å². The summed E-state index contributed by atoms with van der Waals surface area (Å²) in [6.45, 7) is 1.98. The maximum Gasteiger partial charge on any atom is 0.270 e. The summed E-state index contributed by atoms with van der Waals surface area (Å²) in [5.74, 6) is -0.0410. The van der Waals surface area contributed by atoms with Crippen LogP contribution in [0.3, 0.4) is 0 Å². The van der Waals surface area contributed by atoms with E-state index in [1.54, 1.807) is 17.8 Å². The number of rotatable bonds is 7.